The van der Waals surface area contributed by atoms with Gasteiger partial charge in [-0.1, -0.05) is 197 Å². The molecule has 1 unspecified atom stereocenters. The Hall–Kier alpha value is -2.07. The van der Waals surface area contributed by atoms with Gasteiger partial charge in [0.2, 0.25) is 0 Å². The van der Waals surface area contributed by atoms with E-state index >= 15 is 0 Å². The number of aliphatic hydroxyl groups excluding tert-OH is 2. The van der Waals surface area contributed by atoms with Gasteiger partial charge in [-0.05, 0) is 51.4 Å². The number of allylic oxidation sites excluding steroid dienone is 8. The number of carbonyl (C=O) groups is 2. The minimum absolute atomic E-state index is 0.179. The van der Waals surface area contributed by atoms with Gasteiger partial charge < -0.3 is 24.6 Å². The van der Waals surface area contributed by atoms with Gasteiger partial charge in [0.15, 0.2) is 6.10 Å². The third kappa shape index (κ3) is 44.0. The largest absolute Gasteiger partial charge is 0.472 e. The standard InChI is InChI=1S/C49H89O10P/c1-3-5-7-9-11-13-15-17-19-21-22-23-25-27-29-31-33-35-37-39-41-49(53)59-47(45-58-60(54,55)57-43-46(51)42-50)44-56-48(52)40-38-36-34-32-30-28-26-24-20-18-16-14-12-10-8-6-4-2/h8,10,14,16,20,24,28,30,46-47,50-51H,3-7,9,11-13,15,17-19,21-23,25-27,29,31-45H2,1-2H3,(H,54,55)/b10-8+,16-14+,24-20+,30-28+/t46-,47+/m0/s1. The average Bonchev–Trinajstić information content (AvgIpc) is 3.24. The molecule has 0 bridgehead atoms. The molecule has 0 fully saturated rings. The minimum atomic E-state index is -4.63. The molecule has 0 saturated heterocycles. The van der Waals surface area contributed by atoms with Crippen molar-refractivity contribution in [1.29, 1.82) is 0 Å². The number of esters is 2. The number of carbonyl (C=O) groups excluding carboxylic acids is 2. The highest BCUT2D eigenvalue weighted by Crippen LogP contribution is 2.43. The summed E-state index contributed by atoms with van der Waals surface area (Å²) in [6, 6.07) is 0. The van der Waals surface area contributed by atoms with Crippen LogP contribution in [0.15, 0.2) is 48.6 Å². The van der Waals surface area contributed by atoms with Gasteiger partial charge >= 0.3 is 19.8 Å². The Labute approximate surface area is 366 Å². The molecule has 0 heterocycles. The smallest absolute Gasteiger partial charge is 0.462 e. The van der Waals surface area contributed by atoms with E-state index in [0.717, 1.165) is 64.2 Å². The SMILES string of the molecule is CCC/C=C/C/C=C/C/C=C/C/C=C/CCCCCC(=O)OC[C@H](COP(=O)(O)OC[C@@H](O)CO)OC(=O)CCCCCCCCCCCCCCCCCCCCCC. The van der Waals surface area contributed by atoms with Crippen LogP contribution in [0.25, 0.3) is 0 Å². The molecule has 0 amide bonds. The number of hydrogen-bond acceptors (Lipinski definition) is 9. The second-order valence-electron chi connectivity index (χ2n) is 16.1. The number of hydrogen-bond donors (Lipinski definition) is 3. The summed E-state index contributed by atoms with van der Waals surface area (Å²) in [5.41, 5.74) is 0. The van der Waals surface area contributed by atoms with Crippen molar-refractivity contribution in [2.75, 3.05) is 26.4 Å². The van der Waals surface area contributed by atoms with Crippen LogP contribution in [0.2, 0.25) is 0 Å². The molecule has 0 aromatic heterocycles. The molecule has 10 nitrogen and oxygen atoms in total. The highest BCUT2D eigenvalue weighted by atomic mass is 31.2. The number of phosphoric ester groups is 1. The van der Waals surface area contributed by atoms with E-state index in [9.17, 15) is 24.2 Å². The summed E-state index contributed by atoms with van der Waals surface area (Å²) in [6.07, 6.45) is 49.3. The maximum Gasteiger partial charge on any atom is 0.472 e. The molecule has 0 aromatic carbocycles. The van der Waals surface area contributed by atoms with Crippen LogP contribution in [0, 0.1) is 0 Å². The summed E-state index contributed by atoms with van der Waals surface area (Å²) >= 11 is 0. The maximum absolute atomic E-state index is 12.7. The highest BCUT2D eigenvalue weighted by molar-refractivity contribution is 7.47. The summed E-state index contributed by atoms with van der Waals surface area (Å²) in [7, 11) is -4.63. The Bertz CT molecular complexity index is 1140. The minimum Gasteiger partial charge on any atom is -0.462 e. The van der Waals surface area contributed by atoms with E-state index in [2.05, 4.69) is 62.5 Å². The van der Waals surface area contributed by atoms with Gasteiger partial charge in [-0.25, -0.2) is 4.57 Å². The fraction of sp³-hybridized carbons (Fsp3) is 0.796. The van der Waals surface area contributed by atoms with Crippen molar-refractivity contribution in [3.8, 4) is 0 Å². The lowest BCUT2D eigenvalue weighted by Gasteiger charge is -2.20. The van der Waals surface area contributed by atoms with Gasteiger partial charge in [0.25, 0.3) is 0 Å². The van der Waals surface area contributed by atoms with Gasteiger partial charge in [0.1, 0.15) is 12.7 Å². The molecular weight excluding hydrogens is 780 g/mol. The molecule has 0 aliphatic carbocycles. The van der Waals surface area contributed by atoms with Crippen molar-refractivity contribution in [3.05, 3.63) is 48.6 Å². The Morgan fingerprint density at radius 3 is 1.37 bits per heavy atom. The Kier molecular flexibility index (Phi) is 43.4. The Morgan fingerprint density at radius 1 is 0.500 bits per heavy atom. The summed E-state index contributed by atoms with van der Waals surface area (Å²) in [5.74, 6) is -0.955. The van der Waals surface area contributed by atoms with Gasteiger partial charge in [-0.2, -0.15) is 0 Å². The highest BCUT2D eigenvalue weighted by Gasteiger charge is 2.27. The number of unbranched alkanes of at least 4 members (excludes halogenated alkanes) is 23. The predicted molar refractivity (Wildman–Crippen MR) is 247 cm³/mol. The molecule has 0 aliphatic rings. The molecule has 60 heavy (non-hydrogen) atoms. The van der Waals surface area contributed by atoms with Crippen molar-refractivity contribution in [1.82, 2.24) is 0 Å². The van der Waals surface area contributed by atoms with E-state index in [1.54, 1.807) is 0 Å². The van der Waals surface area contributed by atoms with E-state index in [1.807, 2.05) is 0 Å². The van der Waals surface area contributed by atoms with Crippen LogP contribution in [0.4, 0.5) is 0 Å². The fourth-order valence-corrected chi connectivity index (χ4v) is 7.30. The third-order valence-corrected chi connectivity index (χ3v) is 11.2. The zero-order chi connectivity index (χ0) is 44.0. The predicted octanol–water partition coefficient (Wildman–Crippen LogP) is 13.3. The summed E-state index contributed by atoms with van der Waals surface area (Å²) in [5, 5.41) is 18.4. The number of phosphoric acid groups is 1. The molecule has 0 saturated carbocycles. The van der Waals surface area contributed by atoms with E-state index in [0.29, 0.717) is 12.8 Å². The molecule has 0 spiro atoms. The van der Waals surface area contributed by atoms with Crippen LogP contribution < -0.4 is 0 Å². The van der Waals surface area contributed by atoms with Gasteiger partial charge in [0.05, 0.1) is 19.8 Å². The van der Waals surface area contributed by atoms with E-state index in [-0.39, 0.29) is 19.4 Å². The van der Waals surface area contributed by atoms with Crippen LogP contribution in [0.1, 0.15) is 213 Å². The normalized spacial score (nSPS) is 14.2. The number of aliphatic hydroxyl groups is 2. The van der Waals surface area contributed by atoms with Crippen LogP contribution in [-0.2, 0) is 32.7 Å². The van der Waals surface area contributed by atoms with Crippen molar-refractivity contribution >= 4 is 19.8 Å². The molecule has 3 N–H and O–H groups in total. The first-order valence-electron chi connectivity index (χ1n) is 24.1. The topological polar surface area (TPSA) is 149 Å². The van der Waals surface area contributed by atoms with Gasteiger partial charge in [-0.15, -0.1) is 0 Å². The second-order valence-corrected chi connectivity index (χ2v) is 17.6. The van der Waals surface area contributed by atoms with E-state index in [4.69, 9.17) is 23.6 Å². The van der Waals surface area contributed by atoms with Crippen LogP contribution in [-0.4, -0.2) is 65.7 Å². The molecule has 0 aromatic rings. The molecule has 0 radical (unpaired) electrons. The van der Waals surface area contributed by atoms with E-state index in [1.165, 1.54) is 109 Å². The number of ether oxygens (including phenoxy) is 2. The average molecular weight is 869 g/mol. The van der Waals surface area contributed by atoms with Crippen LogP contribution >= 0.6 is 7.82 Å². The van der Waals surface area contributed by atoms with Crippen molar-refractivity contribution in [2.24, 2.45) is 0 Å². The molecule has 0 rings (SSSR count). The first-order chi connectivity index (χ1) is 29.2. The molecule has 0 aliphatic heterocycles. The molecule has 11 heteroatoms. The monoisotopic (exact) mass is 869 g/mol. The van der Waals surface area contributed by atoms with Crippen LogP contribution in [0.5, 0.6) is 0 Å². The zero-order valence-electron chi connectivity index (χ0n) is 38.2. The van der Waals surface area contributed by atoms with Gasteiger partial charge in [0, 0.05) is 12.8 Å². The molecule has 3 atom stereocenters. The second kappa shape index (κ2) is 45.0. The quantitative estimate of drug-likeness (QED) is 0.0234. The van der Waals surface area contributed by atoms with Crippen molar-refractivity contribution in [2.45, 2.75) is 225 Å². The third-order valence-electron chi connectivity index (χ3n) is 10.2. The summed E-state index contributed by atoms with van der Waals surface area (Å²) in [6.45, 7) is 2.30. The lowest BCUT2D eigenvalue weighted by atomic mass is 10.0. The zero-order valence-corrected chi connectivity index (χ0v) is 39.1. The Balaban J connectivity index is 4.25. The summed E-state index contributed by atoms with van der Waals surface area (Å²) < 4.78 is 32.8. The molecule has 350 valence electrons. The van der Waals surface area contributed by atoms with E-state index < -0.39 is 51.8 Å². The maximum atomic E-state index is 12.7. The van der Waals surface area contributed by atoms with Crippen molar-refractivity contribution < 1.29 is 47.8 Å². The fourth-order valence-electron chi connectivity index (χ4n) is 6.51. The molecular formula is C49H89O10P. The number of rotatable bonds is 45. The first kappa shape index (κ1) is 57.9. The lowest BCUT2D eigenvalue weighted by Crippen LogP contribution is -2.29. The van der Waals surface area contributed by atoms with Gasteiger partial charge in [-0.3, -0.25) is 18.6 Å². The first-order valence-corrected chi connectivity index (χ1v) is 25.6. The lowest BCUT2D eigenvalue weighted by molar-refractivity contribution is -0.161. The van der Waals surface area contributed by atoms with Crippen molar-refractivity contribution in [3.63, 3.8) is 0 Å². The summed E-state index contributed by atoms with van der Waals surface area (Å²) in [4.78, 5) is 35.1. The Morgan fingerprint density at radius 2 is 0.900 bits per heavy atom. The van der Waals surface area contributed by atoms with Crippen LogP contribution in [0.3, 0.4) is 0 Å².